The summed E-state index contributed by atoms with van der Waals surface area (Å²) in [4.78, 5) is 2.39. The molecule has 0 bridgehead atoms. The minimum absolute atomic E-state index is 0.0658. The molecule has 3 heteroatoms. The third-order valence-corrected chi connectivity index (χ3v) is 5.84. The molecule has 0 heterocycles. The average molecular weight is 403 g/mol. The van der Waals surface area contributed by atoms with Gasteiger partial charge in [-0.25, -0.2) is 0 Å². The summed E-state index contributed by atoms with van der Waals surface area (Å²) < 4.78 is 6.53. The molecule has 0 spiro atoms. The Labute approximate surface area is 181 Å². The lowest BCUT2D eigenvalue weighted by Crippen LogP contribution is -2.46. The smallest absolute Gasteiger partial charge is 0.108 e. The molecule has 3 aromatic rings. The van der Waals surface area contributed by atoms with E-state index in [4.69, 9.17) is 10.5 Å². The Morgan fingerprint density at radius 2 is 1.30 bits per heavy atom. The molecule has 0 atom stereocenters. The van der Waals surface area contributed by atoms with Crippen molar-refractivity contribution < 1.29 is 4.74 Å². The number of rotatable bonds is 10. The summed E-state index contributed by atoms with van der Waals surface area (Å²) in [5.41, 5.74) is 10.5. The van der Waals surface area contributed by atoms with Crippen molar-refractivity contribution in [2.24, 2.45) is 5.73 Å². The van der Waals surface area contributed by atoms with Gasteiger partial charge in [-0.05, 0) is 49.6 Å². The summed E-state index contributed by atoms with van der Waals surface area (Å²) in [6.45, 7) is 6.70. The first kappa shape index (κ1) is 22.2. The maximum absolute atomic E-state index is 6.53. The van der Waals surface area contributed by atoms with Gasteiger partial charge in [0.25, 0.3) is 0 Å². The lowest BCUT2D eigenvalue weighted by atomic mass is 10.00. The molecule has 0 amide bonds. The van der Waals surface area contributed by atoms with Crippen LogP contribution in [0.5, 0.6) is 0 Å². The summed E-state index contributed by atoms with van der Waals surface area (Å²) >= 11 is 0. The van der Waals surface area contributed by atoms with E-state index in [9.17, 15) is 0 Å². The Kier molecular flexibility index (Phi) is 7.81. The molecular formula is C27H34N2O. The molecule has 0 fully saturated rings. The van der Waals surface area contributed by atoms with Crippen LogP contribution in [-0.2, 0) is 17.7 Å². The van der Waals surface area contributed by atoms with Gasteiger partial charge in [0, 0.05) is 18.6 Å². The Morgan fingerprint density at radius 1 is 0.800 bits per heavy atom. The van der Waals surface area contributed by atoms with Crippen LogP contribution in [0, 0.1) is 0 Å². The van der Waals surface area contributed by atoms with E-state index in [-0.39, 0.29) is 11.6 Å². The number of nitrogens with two attached hydrogens (primary N) is 1. The van der Waals surface area contributed by atoms with Crippen molar-refractivity contribution in [1.29, 1.82) is 0 Å². The van der Waals surface area contributed by atoms with Gasteiger partial charge in [0.05, 0.1) is 6.61 Å². The molecule has 0 aliphatic carbocycles. The number of nitrogens with zero attached hydrogens (tertiary/aromatic N) is 1. The van der Waals surface area contributed by atoms with E-state index in [1.807, 2.05) is 12.1 Å². The van der Waals surface area contributed by atoms with Gasteiger partial charge in [-0.1, -0.05) is 84.9 Å². The number of benzene rings is 3. The lowest BCUT2D eigenvalue weighted by Gasteiger charge is -2.37. The predicted molar refractivity (Wildman–Crippen MR) is 125 cm³/mol. The fraction of sp³-hybridized carbons (Fsp3) is 0.333. The first-order valence-electron chi connectivity index (χ1n) is 10.7. The van der Waals surface area contributed by atoms with Crippen molar-refractivity contribution >= 4 is 0 Å². The molecule has 3 nitrogen and oxygen atoms in total. The van der Waals surface area contributed by atoms with Crippen LogP contribution >= 0.6 is 0 Å². The lowest BCUT2D eigenvalue weighted by molar-refractivity contribution is -0.00413. The molecule has 3 aromatic carbocycles. The molecule has 0 aliphatic heterocycles. The van der Waals surface area contributed by atoms with Gasteiger partial charge in [-0.3, -0.25) is 4.90 Å². The summed E-state index contributed by atoms with van der Waals surface area (Å²) in [6.07, 6.45) is 0.940. The number of likely N-dealkylation sites (N-methyl/N-ethyl adjacent to an activating group) is 1. The van der Waals surface area contributed by atoms with Crippen molar-refractivity contribution in [3.8, 4) is 0 Å². The fourth-order valence-electron chi connectivity index (χ4n) is 3.48. The normalized spacial score (nSPS) is 11.9. The first-order chi connectivity index (χ1) is 14.5. The zero-order valence-corrected chi connectivity index (χ0v) is 18.4. The van der Waals surface area contributed by atoms with Gasteiger partial charge in [-0.2, -0.15) is 0 Å². The minimum atomic E-state index is -0.0843. The summed E-state index contributed by atoms with van der Waals surface area (Å²) in [5, 5.41) is 0. The van der Waals surface area contributed by atoms with E-state index in [0.29, 0.717) is 13.2 Å². The van der Waals surface area contributed by atoms with Gasteiger partial charge in [0.15, 0.2) is 0 Å². The monoisotopic (exact) mass is 402 g/mol. The van der Waals surface area contributed by atoms with Crippen LogP contribution in [0.25, 0.3) is 0 Å². The van der Waals surface area contributed by atoms with Crippen LogP contribution < -0.4 is 5.73 Å². The van der Waals surface area contributed by atoms with Crippen LogP contribution in [0.3, 0.4) is 0 Å². The summed E-state index contributed by atoms with van der Waals surface area (Å²) in [5.74, 6) is 0. The topological polar surface area (TPSA) is 38.5 Å². The highest BCUT2D eigenvalue weighted by molar-refractivity contribution is 5.30. The predicted octanol–water partition coefficient (Wildman–Crippen LogP) is 5.20. The van der Waals surface area contributed by atoms with Crippen molar-refractivity contribution in [2.75, 3.05) is 20.2 Å². The van der Waals surface area contributed by atoms with Gasteiger partial charge in [-0.15, -0.1) is 0 Å². The van der Waals surface area contributed by atoms with Crippen molar-refractivity contribution in [2.45, 2.75) is 38.5 Å². The zero-order chi connectivity index (χ0) is 21.4. The average Bonchev–Trinajstić information content (AvgIpc) is 2.79. The van der Waals surface area contributed by atoms with E-state index in [1.54, 1.807) is 0 Å². The highest BCUT2D eigenvalue weighted by Crippen LogP contribution is 2.28. The second kappa shape index (κ2) is 10.5. The largest absolute Gasteiger partial charge is 0.367 e. The second-order valence-electron chi connectivity index (χ2n) is 8.52. The second-order valence-corrected chi connectivity index (χ2v) is 8.52. The summed E-state index contributed by atoms with van der Waals surface area (Å²) in [6, 6.07) is 29.5. The molecule has 3 rings (SSSR count). The van der Waals surface area contributed by atoms with Gasteiger partial charge < -0.3 is 10.5 Å². The fourth-order valence-corrected chi connectivity index (χ4v) is 3.48. The molecule has 0 radical (unpaired) electrons. The molecular weight excluding hydrogens is 368 g/mol. The maximum Gasteiger partial charge on any atom is 0.108 e. The van der Waals surface area contributed by atoms with Crippen LogP contribution in [0.2, 0.25) is 0 Å². The molecule has 0 aliphatic rings. The van der Waals surface area contributed by atoms with E-state index in [2.05, 4.69) is 98.6 Å². The molecule has 0 aromatic heterocycles. The van der Waals surface area contributed by atoms with E-state index >= 15 is 0 Å². The van der Waals surface area contributed by atoms with Crippen LogP contribution in [0.15, 0.2) is 84.9 Å². The highest BCUT2D eigenvalue weighted by Gasteiger charge is 2.26. The Morgan fingerprint density at radius 3 is 1.80 bits per heavy atom. The Bertz CT molecular complexity index is 836. The number of hydrogen-bond donors (Lipinski definition) is 1. The molecule has 0 saturated carbocycles. The van der Waals surface area contributed by atoms with Gasteiger partial charge in [0.1, 0.15) is 6.10 Å². The highest BCUT2D eigenvalue weighted by atomic mass is 16.5. The van der Waals surface area contributed by atoms with Crippen LogP contribution in [0.4, 0.5) is 0 Å². The SMILES string of the molecule is CN(CCc1ccc(CN)cc1)C(C)(C)COC(c1ccccc1)c1ccccc1. The quantitative estimate of drug-likeness (QED) is 0.506. The maximum atomic E-state index is 6.53. The summed E-state index contributed by atoms with van der Waals surface area (Å²) in [7, 11) is 2.18. The van der Waals surface area contributed by atoms with E-state index in [0.717, 1.165) is 13.0 Å². The van der Waals surface area contributed by atoms with Crippen molar-refractivity contribution in [1.82, 2.24) is 4.90 Å². The van der Waals surface area contributed by atoms with Crippen molar-refractivity contribution in [3.63, 3.8) is 0 Å². The third kappa shape index (κ3) is 6.02. The van der Waals surface area contributed by atoms with Crippen LogP contribution in [-0.4, -0.2) is 30.6 Å². The van der Waals surface area contributed by atoms with Gasteiger partial charge in [0.2, 0.25) is 0 Å². The van der Waals surface area contributed by atoms with Crippen molar-refractivity contribution in [3.05, 3.63) is 107 Å². The molecule has 0 unspecified atom stereocenters. The molecule has 158 valence electrons. The minimum Gasteiger partial charge on any atom is -0.367 e. The third-order valence-electron chi connectivity index (χ3n) is 5.84. The first-order valence-corrected chi connectivity index (χ1v) is 10.7. The van der Waals surface area contributed by atoms with E-state index in [1.165, 1.54) is 22.3 Å². The zero-order valence-electron chi connectivity index (χ0n) is 18.4. The standard InChI is InChI=1S/C27H34N2O/c1-27(2,29(3)19-18-22-14-16-23(20-28)17-15-22)21-30-26(24-10-6-4-7-11-24)25-12-8-5-9-13-25/h4-17,26H,18-21,28H2,1-3H3. The Hall–Kier alpha value is -2.46. The molecule has 0 saturated heterocycles. The number of hydrogen-bond acceptors (Lipinski definition) is 3. The molecule has 30 heavy (non-hydrogen) atoms. The van der Waals surface area contributed by atoms with Gasteiger partial charge >= 0.3 is 0 Å². The van der Waals surface area contributed by atoms with Crippen LogP contribution in [0.1, 0.15) is 42.2 Å². The molecule has 2 N–H and O–H groups in total. The Balaban J connectivity index is 1.63. The van der Waals surface area contributed by atoms with E-state index < -0.39 is 0 Å². The number of ether oxygens (including phenoxy) is 1.